The van der Waals surface area contributed by atoms with Gasteiger partial charge in [-0.1, -0.05) is 17.7 Å². The quantitative estimate of drug-likeness (QED) is 0.467. The van der Waals surface area contributed by atoms with E-state index in [4.69, 9.17) is 11.6 Å². The molecule has 3 heterocycles. The molecule has 5 rings (SSSR count). The number of aryl methyl sites for hydroxylation is 2. The van der Waals surface area contributed by atoms with E-state index >= 15 is 0 Å². The number of hydrogen-bond acceptors (Lipinski definition) is 6. The van der Waals surface area contributed by atoms with Crippen LogP contribution in [0.5, 0.6) is 0 Å². The van der Waals surface area contributed by atoms with Gasteiger partial charge in [0.25, 0.3) is 0 Å². The van der Waals surface area contributed by atoms with Crippen LogP contribution in [-0.4, -0.2) is 32.5 Å². The molecule has 8 nitrogen and oxygen atoms in total. The molecule has 1 aliphatic rings. The Labute approximate surface area is 190 Å². The van der Waals surface area contributed by atoms with E-state index in [2.05, 4.69) is 25.6 Å². The summed E-state index contributed by atoms with van der Waals surface area (Å²) in [6.07, 6.45) is 5.58. The van der Waals surface area contributed by atoms with Crippen LogP contribution in [0.1, 0.15) is 18.4 Å². The van der Waals surface area contributed by atoms with Crippen LogP contribution < -0.4 is 15.5 Å². The molecule has 0 saturated heterocycles. The van der Waals surface area contributed by atoms with Crippen molar-refractivity contribution in [1.82, 2.24) is 19.5 Å². The van der Waals surface area contributed by atoms with E-state index < -0.39 is 0 Å². The van der Waals surface area contributed by atoms with E-state index in [1.54, 1.807) is 17.4 Å². The smallest absolute Gasteiger partial charge is 0.229 e. The Bertz CT molecular complexity index is 1330. The number of anilines is 5. The Morgan fingerprint density at radius 2 is 1.94 bits per heavy atom. The van der Waals surface area contributed by atoms with Gasteiger partial charge in [0.2, 0.25) is 11.9 Å². The van der Waals surface area contributed by atoms with Crippen molar-refractivity contribution in [3.8, 4) is 0 Å². The van der Waals surface area contributed by atoms with Crippen LogP contribution in [0.2, 0.25) is 5.02 Å². The zero-order chi connectivity index (χ0) is 22.2. The normalized spacial score (nSPS) is 13.7. The SMILES string of the molecule is CN1C(=O)CCCc2cc(Nc3ncc(Cl)c(Nc4cccc5c4ncn5C)n3)ccc21. The van der Waals surface area contributed by atoms with Gasteiger partial charge >= 0.3 is 0 Å². The molecular formula is C23H22ClN7O. The van der Waals surface area contributed by atoms with Crippen molar-refractivity contribution >= 4 is 57.4 Å². The minimum absolute atomic E-state index is 0.143. The van der Waals surface area contributed by atoms with Gasteiger partial charge in [0, 0.05) is 31.9 Å². The summed E-state index contributed by atoms with van der Waals surface area (Å²) >= 11 is 6.37. The second-order valence-corrected chi connectivity index (χ2v) is 8.23. The molecule has 1 amide bonds. The number of nitrogens with zero attached hydrogens (tertiary/aromatic N) is 5. The number of carbonyl (C=O) groups excluding carboxylic acids is 1. The summed E-state index contributed by atoms with van der Waals surface area (Å²) in [5, 5.41) is 6.94. The summed E-state index contributed by atoms with van der Waals surface area (Å²) in [5.74, 6) is 1.05. The first-order valence-electron chi connectivity index (χ1n) is 10.4. The second kappa shape index (κ2) is 8.12. The lowest BCUT2D eigenvalue weighted by atomic mass is 10.1. The maximum absolute atomic E-state index is 12.1. The Hall–Kier alpha value is -3.65. The number of para-hydroxylation sites is 1. The molecule has 0 spiro atoms. The van der Waals surface area contributed by atoms with Gasteiger partial charge < -0.3 is 20.1 Å². The molecule has 9 heteroatoms. The van der Waals surface area contributed by atoms with Crippen LogP contribution in [0.15, 0.2) is 48.9 Å². The number of hydrogen-bond donors (Lipinski definition) is 2. The average molecular weight is 448 g/mol. The maximum atomic E-state index is 12.1. The van der Waals surface area contributed by atoms with Gasteiger partial charge in [0.1, 0.15) is 10.5 Å². The summed E-state index contributed by atoms with van der Waals surface area (Å²) in [5.41, 5.74) is 5.58. The van der Waals surface area contributed by atoms with Gasteiger partial charge in [0.15, 0.2) is 5.82 Å². The Balaban J connectivity index is 1.42. The van der Waals surface area contributed by atoms with Gasteiger partial charge in [-0.2, -0.15) is 4.98 Å². The molecule has 4 aromatic rings. The Morgan fingerprint density at radius 3 is 2.81 bits per heavy atom. The first-order chi connectivity index (χ1) is 15.5. The standard InChI is InChI=1S/C23H22ClN7O/c1-30-13-26-21-17(6-4-7-19(21)30)28-22-16(24)12-25-23(29-22)27-15-9-10-18-14(11-15)5-3-8-20(32)31(18)2/h4,6-7,9-13H,3,5,8H2,1-2H3,(H2,25,27,28,29). The number of imidazole rings is 1. The van der Waals surface area contributed by atoms with E-state index in [-0.39, 0.29) is 5.91 Å². The fourth-order valence-corrected chi connectivity index (χ4v) is 4.09. The molecule has 0 atom stereocenters. The highest BCUT2D eigenvalue weighted by molar-refractivity contribution is 6.33. The monoisotopic (exact) mass is 447 g/mol. The van der Waals surface area contributed by atoms with E-state index in [1.165, 1.54) is 0 Å². The highest BCUT2D eigenvalue weighted by Crippen LogP contribution is 2.31. The van der Waals surface area contributed by atoms with Crippen molar-refractivity contribution in [2.75, 3.05) is 22.6 Å². The molecule has 0 radical (unpaired) electrons. The molecule has 0 fully saturated rings. The number of fused-ring (bicyclic) bond motifs is 2. The summed E-state index contributed by atoms with van der Waals surface area (Å²) < 4.78 is 1.96. The van der Waals surface area contributed by atoms with Crippen LogP contribution in [0.4, 0.5) is 28.8 Å². The molecule has 0 unspecified atom stereocenters. The van der Waals surface area contributed by atoms with Gasteiger partial charge in [-0.05, 0) is 48.7 Å². The molecule has 2 aromatic carbocycles. The largest absolute Gasteiger partial charge is 0.337 e. The van der Waals surface area contributed by atoms with Crippen molar-refractivity contribution in [1.29, 1.82) is 0 Å². The highest BCUT2D eigenvalue weighted by atomic mass is 35.5. The van der Waals surface area contributed by atoms with Gasteiger partial charge in [-0.3, -0.25) is 4.79 Å². The molecule has 32 heavy (non-hydrogen) atoms. The fraction of sp³-hybridized carbons (Fsp3) is 0.217. The topological polar surface area (TPSA) is 88.0 Å². The van der Waals surface area contributed by atoms with E-state index in [0.29, 0.717) is 23.2 Å². The number of benzene rings is 2. The number of amides is 1. The number of aromatic nitrogens is 4. The molecule has 162 valence electrons. The van der Waals surface area contributed by atoms with Crippen LogP contribution in [0, 0.1) is 0 Å². The number of nitrogens with one attached hydrogen (secondary N) is 2. The summed E-state index contributed by atoms with van der Waals surface area (Å²) in [6.45, 7) is 0. The Kier molecular flexibility index (Phi) is 5.14. The molecule has 2 aromatic heterocycles. The first-order valence-corrected chi connectivity index (χ1v) is 10.7. The van der Waals surface area contributed by atoms with Gasteiger partial charge in [-0.15, -0.1) is 0 Å². The molecule has 0 aliphatic carbocycles. The molecule has 0 bridgehead atoms. The minimum atomic E-state index is 0.143. The zero-order valence-corrected chi connectivity index (χ0v) is 18.5. The van der Waals surface area contributed by atoms with E-state index in [0.717, 1.165) is 46.5 Å². The Morgan fingerprint density at radius 1 is 1.06 bits per heavy atom. The first kappa shape index (κ1) is 20.3. The van der Waals surface area contributed by atoms with Crippen molar-refractivity contribution in [3.05, 3.63) is 59.5 Å². The van der Waals surface area contributed by atoms with Gasteiger partial charge in [0.05, 0.1) is 23.7 Å². The van der Waals surface area contributed by atoms with E-state index in [9.17, 15) is 4.79 Å². The zero-order valence-electron chi connectivity index (χ0n) is 17.8. The summed E-state index contributed by atoms with van der Waals surface area (Å²) in [6, 6.07) is 11.8. The van der Waals surface area contributed by atoms with E-state index in [1.807, 2.05) is 55.1 Å². The lowest BCUT2D eigenvalue weighted by Crippen LogP contribution is -2.24. The van der Waals surface area contributed by atoms with Crippen LogP contribution in [0.25, 0.3) is 11.0 Å². The predicted octanol–water partition coefficient (Wildman–Crippen LogP) is 4.80. The lowest BCUT2D eigenvalue weighted by Gasteiger charge is -2.18. The number of halogens is 1. The van der Waals surface area contributed by atoms with Crippen LogP contribution >= 0.6 is 11.6 Å². The molecular weight excluding hydrogens is 426 g/mol. The third kappa shape index (κ3) is 3.73. The minimum Gasteiger partial charge on any atom is -0.337 e. The summed E-state index contributed by atoms with van der Waals surface area (Å²) in [4.78, 5) is 27.2. The average Bonchev–Trinajstić information content (AvgIpc) is 3.11. The van der Waals surface area contributed by atoms with Crippen LogP contribution in [-0.2, 0) is 18.3 Å². The van der Waals surface area contributed by atoms with Crippen molar-refractivity contribution in [3.63, 3.8) is 0 Å². The van der Waals surface area contributed by atoms with Crippen molar-refractivity contribution < 1.29 is 4.79 Å². The van der Waals surface area contributed by atoms with Crippen LogP contribution in [0.3, 0.4) is 0 Å². The predicted molar refractivity (Wildman–Crippen MR) is 127 cm³/mol. The fourth-order valence-electron chi connectivity index (χ4n) is 3.95. The maximum Gasteiger partial charge on any atom is 0.229 e. The molecule has 2 N–H and O–H groups in total. The molecule has 0 saturated carbocycles. The summed E-state index contributed by atoms with van der Waals surface area (Å²) in [7, 11) is 3.77. The third-order valence-electron chi connectivity index (χ3n) is 5.66. The van der Waals surface area contributed by atoms with Crippen molar-refractivity contribution in [2.45, 2.75) is 19.3 Å². The van der Waals surface area contributed by atoms with Crippen molar-refractivity contribution in [2.24, 2.45) is 7.05 Å². The highest BCUT2D eigenvalue weighted by Gasteiger charge is 2.19. The molecule has 1 aliphatic heterocycles. The number of rotatable bonds is 4. The lowest BCUT2D eigenvalue weighted by molar-refractivity contribution is -0.118. The third-order valence-corrected chi connectivity index (χ3v) is 5.94. The second-order valence-electron chi connectivity index (χ2n) is 7.82. The number of carbonyl (C=O) groups is 1. The van der Waals surface area contributed by atoms with Gasteiger partial charge in [-0.25, -0.2) is 9.97 Å².